The number of pyridine rings is 1. The van der Waals surface area contributed by atoms with Crippen molar-refractivity contribution in [2.45, 2.75) is 12.8 Å². The minimum Gasteiger partial charge on any atom is -0.369 e. The molecule has 1 fully saturated rings. The van der Waals surface area contributed by atoms with E-state index >= 15 is 0 Å². The summed E-state index contributed by atoms with van der Waals surface area (Å²) in [5.41, 5.74) is 2.19. The molecule has 3 rings (SSSR count). The minimum atomic E-state index is -0.175. The van der Waals surface area contributed by atoms with E-state index < -0.39 is 0 Å². The molecule has 1 amide bonds. The quantitative estimate of drug-likeness (QED) is 0.942. The number of nitrogens with zero attached hydrogens (tertiary/aromatic N) is 2. The first-order valence-electron chi connectivity index (χ1n) is 7.00. The Labute approximate surface area is 128 Å². The van der Waals surface area contributed by atoms with Gasteiger partial charge in [-0.05, 0) is 37.1 Å². The molecule has 0 atom stereocenters. The number of hydrogen-bond donors (Lipinski definition) is 1. The summed E-state index contributed by atoms with van der Waals surface area (Å²) in [5.74, 6) is -0.175. The number of benzene rings is 1. The third-order valence-corrected chi connectivity index (χ3v) is 3.89. The second kappa shape index (κ2) is 6.14. The van der Waals surface area contributed by atoms with Crippen molar-refractivity contribution < 1.29 is 4.79 Å². The first-order chi connectivity index (χ1) is 10.3. The zero-order valence-corrected chi connectivity index (χ0v) is 12.3. The Morgan fingerprint density at radius 2 is 2.00 bits per heavy atom. The van der Waals surface area contributed by atoms with Gasteiger partial charge in [0.1, 0.15) is 0 Å². The fraction of sp³-hybridized carbons (Fsp3) is 0.250. The summed E-state index contributed by atoms with van der Waals surface area (Å²) in [5, 5.41) is 3.61. The molecule has 0 spiro atoms. The summed E-state index contributed by atoms with van der Waals surface area (Å²) in [6, 6.07) is 9.07. The minimum absolute atomic E-state index is 0.175. The monoisotopic (exact) mass is 301 g/mol. The normalized spacial score (nSPS) is 14.2. The van der Waals surface area contributed by atoms with E-state index in [0.29, 0.717) is 10.6 Å². The summed E-state index contributed by atoms with van der Waals surface area (Å²) in [6.07, 6.45) is 5.50. The van der Waals surface area contributed by atoms with Crippen LogP contribution in [0.2, 0.25) is 5.02 Å². The van der Waals surface area contributed by atoms with Crippen molar-refractivity contribution in [3.8, 4) is 0 Å². The molecule has 2 heterocycles. The zero-order chi connectivity index (χ0) is 14.7. The number of amides is 1. The Morgan fingerprint density at radius 3 is 2.71 bits per heavy atom. The van der Waals surface area contributed by atoms with Crippen LogP contribution in [0.1, 0.15) is 23.2 Å². The molecule has 0 radical (unpaired) electrons. The van der Waals surface area contributed by atoms with Gasteiger partial charge in [0, 0.05) is 25.5 Å². The lowest BCUT2D eigenvalue weighted by Crippen LogP contribution is -2.21. The van der Waals surface area contributed by atoms with E-state index in [1.165, 1.54) is 0 Å². The summed E-state index contributed by atoms with van der Waals surface area (Å²) in [7, 11) is 0. The van der Waals surface area contributed by atoms with Crippen LogP contribution in [-0.2, 0) is 0 Å². The predicted molar refractivity (Wildman–Crippen MR) is 85.1 cm³/mol. The summed E-state index contributed by atoms with van der Waals surface area (Å²) in [4.78, 5) is 18.5. The van der Waals surface area contributed by atoms with Crippen LogP contribution >= 0.6 is 11.6 Å². The molecule has 1 aliphatic rings. The van der Waals surface area contributed by atoms with Gasteiger partial charge in [-0.3, -0.25) is 9.78 Å². The van der Waals surface area contributed by atoms with E-state index in [-0.39, 0.29) is 5.91 Å². The molecular formula is C16H16ClN3O. The number of hydrogen-bond acceptors (Lipinski definition) is 3. The molecule has 5 heteroatoms. The molecule has 4 nitrogen and oxygen atoms in total. The number of nitrogens with one attached hydrogen (secondary N) is 1. The number of halogens is 1. The molecular weight excluding hydrogens is 286 g/mol. The van der Waals surface area contributed by atoms with E-state index in [9.17, 15) is 4.79 Å². The van der Waals surface area contributed by atoms with Crippen molar-refractivity contribution >= 4 is 28.9 Å². The van der Waals surface area contributed by atoms with E-state index in [0.717, 1.165) is 37.3 Å². The van der Waals surface area contributed by atoms with Gasteiger partial charge < -0.3 is 10.2 Å². The van der Waals surface area contributed by atoms with Crippen molar-refractivity contribution in [3.63, 3.8) is 0 Å². The lowest BCUT2D eigenvalue weighted by molar-refractivity contribution is 0.102. The zero-order valence-electron chi connectivity index (χ0n) is 11.6. The summed E-state index contributed by atoms with van der Waals surface area (Å²) in [6.45, 7) is 1.94. The maximum Gasteiger partial charge on any atom is 0.257 e. The molecule has 2 aromatic rings. The Morgan fingerprint density at radius 1 is 1.19 bits per heavy atom. The molecule has 1 aliphatic heterocycles. The fourth-order valence-corrected chi connectivity index (χ4v) is 2.86. The van der Waals surface area contributed by atoms with Crippen molar-refractivity contribution in [1.29, 1.82) is 0 Å². The van der Waals surface area contributed by atoms with Gasteiger partial charge in [-0.25, -0.2) is 0 Å². The molecule has 21 heavy (non-hydrogen) atoms. The van der Waals surface area contributed by atoms with Gasteiger partial charge in [-0.1, -0.05) is 17.7 Å². The third kappa shape index (κ3) is 3.00. The topological polar surface area (TPSA) is 45.2 Å². The molecule has 1 saturated heterocycles. The third-order valence-electron chi connectivity index (χ3n) is 3.58. The van der Waals surface area contributed by atoms with E-state index in [1.807, 2.05) is 18.2 Å². The number of carbonyl (C=O) groups is 1. The maximum absolute atomic E-state index is 12.3. The van der Waals surface area contributed by atoms with Crippen molar-refractivity contribution in [2.75, 3.05) is 23.3 Å². The average Bonchev–Trinajstić information content (AvgIpc) is 3.02. The fourth-order valence-electron chi connectivity index (χ4n) is 2.57. The standard InChI is InChI=1S/C16H16ClN3O/c17-13-6-3-7-14(15(13)20-9-1-2-10-20)19-16(21)12-5-4-8-18-11-12/h3-8,11H,1-2,9-10H2,(H,19,21). The van der Waals surface area contributed by atoms with Crippen LogP contribution in [0.3, 0.4) is 0 Å². The van der Waals surface area contributed by atoms with E-state index in [1.54, 1.807) is 24.5 Å². The highest BCUT2D eigenvalue weighted by Gasteiger charge is 2.20. The number of para-hydroxylation sites is 1. The first-order valence-corrected chi connectivity index (χ1v) is 7.38. The van der Waals surface area contributed by atoms with Crippen molar-refractivity contribution in [2.24, 2.45) is 0 Å². The van der Waals surface area contributed by atoms with E-state index in [2.05, 4.69) is 15.2 Å². The van der Waals surface area contributed by atoms with Crippen LogP contribution in [0.4, 0.5) is 11.4 Å². The smallest absolute Gasteiger partial charge is 0.257 e. The van der Waals surface area contributed by atoms with Gasteiger partial charge in [-0.15, -0.1) is 0 Å². The average molecular weight is 302 g/mol. The molecule has 0 unspecified atom stereocenters. The second-order valence-electron chi connectivity index (χ2n) is 5.03. The van der Waals surface area contributed by atoms with Gasteiger partial charge >= 0.3 is 0 Å². The van der Waals surface area contributed by atoms with Gasteiger partial charge in [0.2, 0.25) is 0 Å². The lowest BCUT2D eigenvalue weighted by atomic mass is 10.2. The van der Waals surface area contributed by atoms with Crippen LogP contribution in [0.25, 0.3) is 0 Å². The number of aromatic nitrogens is 1. The first kappa shape index (κ1) is 13.9. The predicted octanol–water partition coefficient (Wildman–Crippen LogP) is 3.59. The van der Waals surface area contributed by atoms with Gasteiger partial charge in [-0.2, -0.15) is 0 Å². The van der Waals surface area contributed by atoms with Crippen LogP contribution in [-0.4, -0.2) is 24.0 Å². The lowest BCUT2D eigenvalue weighted by Gasteiger charge is -2.23. The van der Waals surface area contributed by atoms with Crippen LogP contribution in [0, 0.1) is 0 Å². The molecule has 0 saturated carbocycles. The number of carbonyl (C=O) groups excluding carboxylic acids is 1. The van der Waals surface area contributed by atoms with Crippen LogP contribution < -0.4 is 10.2 Å². The van der Waals surface area contributed by atoms with Crippen LogP contribution in [0.15, 0.2) is 42.7 Å². The van der Waals surface area contributed by atoms with Crippen molar-refractivity contribution in [1.82, 2.24) is 4.98 Å². The molecule has 1 N–H and O–H groups in total. The maximum atomic E-state index is 12.3. The molecule has 1 aromatic heterocycles. The highest BCUT2D eigenvalue weighted by molar-refractivity contribution is 6.34. The van der Waals surface area contributed by atoms with Gasteiger partial charge in [0.25, 0.3) is 5.91 Å². The highest BCUT2D eigenvalue weighted by atomic mass is 35.5. The largest absolute Gasteiger partial charge is 0.369 e. The Kier molecular flexibility index (Phi) is 4.06. The molecule has 1 aromatic carbocycles. The molecule has 0 aliphatic carbocycles. The SMILES string of the molecule is O=C(Nc1cccc(Cl)c1N1CCCC1)c1cccnc1. The Hall–Kier alpha value is -2.07. The van der Waals surface area contributed by atoms with Crippen molar-refractivity contribution in [3.05, 3.63) is 53.3 Å². The number of anilines is 2. The Balaban J connectivity index is 1.88. The second-order valence-corrected chi connectivity index (χ2v) is 5.43. The summed E-state index contributed by atoms with van der Waals surface area (Å²) < 4.78 is 0. The van der Waals surface area contributed by atoms with E-state index in [4.69, 9.17) is 11.6 Å². The van der Waals surface area contributed by atoms with Crippen LogP contribution in [0.5, 0.6) is 0 Å². The number of rotatable bonds is 3. The molecule has 0 bridgehead atoms. The van der Waals surface area contributed by atoms with Gasteiger partial charge in [0.15, 0.2) is 0 Å². The highest BCUT2D eigenvalue weighted by Crippen LogP contribution is 2.36. The summed E-state index contributed by atoms with van der Waals surface area (Å²) >= 11 is 6.33. The van der Waals surface area contributed by atoms with Gasteiger partial charge in [0.05, 0.1) is 22.0 Å². The molecule has 108 valence electrons. The Bertz CT molecular complexity index is 639.